The fraction of sp³-hybridized carbons (Fsp3) is 0.143. The summed E-state index contributed by atoms with van der Waals surface area (Å²) in [6, 6.07) is 0.978. The van der Waals surface area contributed by atoms with E-state index in [1.807, 2.05) is 0 Å². The SMILES string of the molecule is Cc1c(F)c(Cl)cc(F)c1I. The molecule has 4 heteroatoms. The van der Waals surface area contributed by atoms with Crippen LogP contribution in [0.15, 0.2) is 6.07 Å². The molecule has 0 bridgehead atoms. The molecule has 1 aromatic carbocycles. The van der Waals surface area contributed by atoms with Crippen LogP contribution in [0.25, 0.3) is 0 Å². The third kappa shape index (κ3) is 1.64. The van der Waals surface area contributed by atoms with Crippen molar-refractivity contribution in [2.45, 2.75) is 6.92 Å². The van der Waals surface area contributed by atoms with Crippen molar-refractivity contribution in [3.63, 3.8) is 0 Å². The number of rotatable bonds is 0. The first kappa shape index (κ1) is 9.19. The van der Waals surface area contributed by atoms with Crippen molar-refractivity contribution >= 4 is 34.2 Å². The second-order valence-corrected chi connectivity index (χ2v) is 3.58. The topological polar surface area (TPSA) is 0 Å². The zero-order valence-corrected chi connectivity index (χ0v) is 8.50. The molecule has 0 amide bonds. The fourth-order valence-electron chi connectivity index (χ4n) is 0.693. The molecular formula is C7H4ClF2I. The van der Waals surface area contributed by atoms with Gasteiger partial charge in [0.15, 0.2) is 0 Å². The van der Waals surface area contributed by atoms with E-state index in [4.69, 9.17) is 11.6 Å². The summed E-state index contributed by atoms with van der Waals surface area (Å²) >= 11 is 7.11. The van der Waals surface area contributed by atoms with Crippen LogP contribution >= 0.6 is 34.2 Å². The van der Waals surface area contributed by atoms with E-state index in [9.17, 15) is 8.78 Å². The Morgan fingerprint density at radius 3 is 2.55 bits per heavy atom. The number of halogens is 4. The highest BCUT2D eigenvalue weighted by molar-refractivity contribution is 14.1. The molecule has 0 aliphatic rings. The van der Waals surface area contributed by atoms with Gasteiger partial charge >= 0.3 is 0 Å². The van der Waals surface area contributed by atoms with Crippen LogP contribution in [0.3, 0.4) is 0 Å². The normalized spacial score (nSPS) is 10.3. The molecule has 0 N–H and O–H groups in total. The first-order valence-corrected chi connectivity index (χ1v) is 4.29. The molecule has 0 saturated heterocycles. The number of hydrogen-bond donors (Lipinski definition) is 0. The lowest BCUT2D eigenvalue weighted by Gasteiger charge is -2.02. The average molecular weight is 288 g/mol. The van der Waals surface area contributed by atoms with E-state index >= 15 is 0 Å². The molecule has 0 saturated carbocycles. The number of hydrogen-bond acceptors (Lipinski definition) is 0. The highest BCUT2D eigenvalue weighted by Crippen LogP contribution is 2.24. The summed E-state index contributed by atoms with van der Waals surface area (Å²) < 4.78 is 25.9. The van der Waals surface area contributed by atoms with E-state index in [2.05, 4.69) is 0 Å². The second-order valence-electron chi connectivity index (χ2n) is 2.09. The summed E-state index contributed by atoms with van der Waals surface area (Å²) in [6.45, 7) is 1.49. The Labute approximate surface area is 81.7 Å². The first-order valence-electron chi connectivity index (χ1n) is 2.83. The molecule has 0 nitrogen and oxygen atoms in total. The lowest BCUT2D eigenvalue weighted by atomic mass is 10.2. The summed E-state index contributed by atoms with van der Waals surface area (Å²) in [6.07, 6.45) is 0. The van der Waals surface area contributed by atoms with Crippen molar-refractivity contribution in [1.29, 1.82) is 0 Å². The van der Waals surface area contributed by atoms with Crippen LogP contribution in [-0.4, -0.2) is 0 Å². The molecule has 0 aromatic heterocycles. The van der Waals surface area contributed by atoms with Crippen LogP contribution in [0.1, 0.15) is 5.56 Å². The van der Waals surface area contributed by atoms with Gasteiger partial charge in [-0.3, -0.25) is 0 Å². The van der Waals surface area contributed by atoms with E-state index in [1.54, 1.807) is 22.6 Å². The molecule has 1 rings (SSSR count). The summed E-state index contributed by atoms with van der Waals surface area (Å²) in [5.41, 5.74) is 0.260. The summed E-state index contributed by atoms with van der Waals surface area (Å²) in [5.74, 6) is -1.02. The molecule has 0 unspecified atom stereocenters. The summed E-state index contributed by atoms with van der Waals surface area (Å²) in [5, 5.41) is -0.166. The Morgan fingerprint density at radius 1 is 1.45 bits per heavy atom. The third-order valence-corrected chi connectivity index (χ3v) is 2.93. The van der Waals surface area contributed by atoms with Gasteiger partial charge in [-0.25, -0.2) is 8.78 Å². The smallest absolute Gasteiger partial charge is 0.145 e. The molecule has 1 aromatic rings. The predicted octanol–water partition coefficient (Wildman–Crippen LogP) is 3.53. The van der Waals surface area contributed by atoms with Crippen LogP contribution < -0.4 is 0 Å². The molecule has 0 aliphatic heterocycles. The van der Waals surface area contributed by atoms with E-state index in [-0.39, 0.29) is 14.2 Å². The van der Waals surface area contributed by atoms with Crippen LogP contribution in [0.4, 0.5) is 8.78 Å². The largest absolute Gasteiger partial charge is 0.206 e. The average Bonchev–Trinajstić information content (AvgIpc) is 1.97. The third-order valence-electron chi connectivity index (χ3n) is 1.33. The van der Waals surface area contributed by atoms with Gasteiger partial charge in [0.05, 0.1) is 8.59 Å². The maximum absolute atomic E-state index is 12.9. The minimum absolute atomic E-state index is 0.166. The van der Waals surface area contributed by atoms with E-state index < -0.39 is 11.6 Å². The van der Waals surface area contributed by atoms with Gasteiger partial charge in [-0.2, -0.15) is 0 Å². The highest BCUT2D eigenvalue weighted by atomic mass is 127. The number of benzene rings is 1. The van der Waals surface area contributed by atoms with Gasteiger partial charge in [0, 0.05) is 5.56 Å². The lowest BCUT2D eigenvalue weighted by molar-refractivity contribution is 0.586. The standard InChI is InChI=1S/C7H4ClF2I/c1-3-6(10)4(8)2-5(9)7(3)11/h2H,1H3. The van der Waals surface area contributed by atoms with Gasteiger partial charge < -0.3 is 0 Å². The molecule has 0 radical (unpaired) electrons. The van der Waals surface area contributed by atoms with Crippen molar-refractivity contribution in [3.05, 3.63) is 31.9 Å². The lowest BCUT2D eigenvalue weighted by Crippen LogP contribution is -1.92. The first-order chi connectivity index (χ1) is 5.04. The van der Waals surface area contributed by atoms with Gasteiger partial charge in [0.1, 0.15) is 11.6 Å². The molecule has 0 aliphatic carbocycles. The Bertz CT molecular complexity index is 273. The summed E-state index contributed by atoms with van der Waals surface area (Å²) in [7, 11) is 0. The van der Waals surface area contributed by atoms with Crippen molar-refractivity contribution in [2.75, 3.05) is 0 Å². The quantitative estimate of drug-likeness (QED) is 0.506. The minimum atomic E-state index is -0.544. The molecule has 0 heterocycles. The highest BCUT2D eigenvalue weighted by Gasteiger charge is 2.11. The van der Waals surface area contributed by atoms with Gasteiger partial charge in [-0.05, 0) is 35.6 Å². The molecule has 0 fully saturated rings. The van der Waals surface area contributed by atoms with E-state index in [0.29, 0.717) is 0 Å². The maximum Gasteiger partial charge on any atom is 0.145 e. The molecule has 11 heavy (non-hydrogen) atoms. The zero-order chi connectivity index (χ0) is 8.59. The Hall–Kier alpha value is 0.100. The molecule has 0 atom stereocenters. The van der Waals surface area contributed by atoms with Gasteiger partial charge in [0.2, 0.25) is 0 Å². The monoisotopic (exact) mass is 288 g/mol. The fourth-order valence-corrected chi connectivity index (χ4v) is 1.32. The molecular weight excluding hydrogens is 284 g/mol. The maximum atomic E-state index is 12.9. The van der Waals surface area contributed by atoms with E-state index in [1.165, 1.54) is 6.92 Å². The van der Waals surface area contributed by atoms with Crippen LogP contribution in [0.5, 0.6) is 0 Å². The van der Waals surface area contributed by atoms with Crippen LogP contribution in [0, 0.1) is 22.1 Å². The van der Waals surface area contributed by atoms with Crippen molar-refractivity contribution in [1.82, 2.24) is 0 Å². The Kier molecular flexibility index (Phi) is 2.70. The Morgan fingerprint density at radius 2 is 2.00 bits per heavy atom. The van der Waals surface area contributed by atoms with Crippen LogP contribution in [0.2, 0.25) is 5.02 Å². The van der Waals surface area contributed by atoms with Gasteiger partial charge in [-0.1, -0.05) is 11.6 Å². The Balaban J connectivity index is 3.46. The summed E-state index contributed by atoms with van der Waals surface area (Å²) in [4.78, 5) is 0. The minimum Gasteiger partial charge on any atom is -0.206 e. The predicted molar refractivity (Wildman–Crippen MR) is 48.8 cm³/mol. The van der Waals surface area contributed by atoms with Crippen molar-refractivity contribution in [3.8, 4) is 0 Å². The molecule has 60 valence electrons. The molecule has 0 spiro atoms. The van der Waals surface area contributed by atoms with E-state index in [0.717, 1.165) is 6.07 Å². The van der Waals surface area contributed by atoms with Crippen LogP contribution in [-0.2, 0) is 0 Å². The van der Waals surface area contributed by atoms with Gasteiger partial charge in [-0.15, -0.1) is 0 Å². The van der Waals surface area contributed by atoms with Crippen molar-refractivity contribution < 1.29 is 8.78 Å². The second kappa shape index (κ2) is 3.23. The van der Waals surface area contributed by atoms with Crippen molar-refractivity contribution in [2.24, 2.45) is 0 Å². The van der Waals surface area contributed by atoms with Gasteiger partial charge in [0.25, 0.3) is 0 Å². The zero-order valence-electron chi connectivity index (χ0n) is 5.59.